The van der Waals surface area contributed by atoms with E-state index in [0.29, 0.717) is 5.02 Å². The fraction of sp³-hybridized carbons (Fsp3) is 0.0909. The quantitative estimate of drug-likeness (QED) is 0.801. The van der Waals surface area contributed by atoms with E-state index in [4.69, 9.17) is 11.6 Å². The van der Waals surface area contributed by atoms with E-state index in [1.807, 2.05) is 11.4 Å². The topological polar surface area (TPSA) is 32.3 Å². The molecule has 1 aromatic carbocycles. The highest BCUT2D eigenvalue weighted by atomic mass is 35.5. The highest BCUT2D eigenvalue weighted by Crippen LogP contribution is 2.26. The lowest BCUT2D eigenvalue weighted by molar-refractivity contribution is 0.475. The minimum atomic E-state index is 0.110. The summed E-state index contributed by atoms with van der Waals surface area (Å²) in [5, 5.41) is 14.9. The van der Waals surface area contributed by atoms with Gasteiger partial charge in [-0.2, -0.15) is 0 Å². The van der Waals surface area contributed by atoms with Crippen LogP contribution in [0.2, 0.25) is 5.02 Å². The first-order valence-electron chi connectivity index (χ1n) is 4.50. The average molecular weight is 240 g/mol. The number of thiophene rings is 1. The molecule has 0 fully saturated rings. The molecule has 2 rings (SSSR count). The van der Waals surface area contributed by atoms with Crippen LogP contribution in [0.3, 0.4) is 0 Å². The third-order valence-electron chi connectivity index (χ3n) is 1.99. The Kier molecular flexibility index (Phi) is 3.14. The maximum Gasteiger partial charge on any atom is 0.134 e. The Morgan fingerprint density at radius 3 is 2.87 bits per heavy atom. The first-order valence-corrected chi connectivity index (χ1v) is 5.76. The van der Waals surface area contributed by atoms with Crippen molar-refractivity contribution in [2.75, 3.05) is 5.32 Å². The van der Waals surface area contributed by atoms with Gasteiger partial charge in [-0.3, -0.25) is 0 Å². The molecule has 1 aromatic heterocycles. The van der Waals surface area contributed by atoms with Gasteiger partial charge in [-0.05, 0) is 29.6 Å². The first kappa shape index (κ1) is 10.3. The first-order chi connectivity index (χ1) is 7.25. The van der Waals surface area contributed by atoms with Crippen LogP contribution in [0.15, 0.2) is 35.7 Å². The molecule has 1 heterocycles. The van der Waals surface area contributed by atoms with Gasteiger partial charge < -0.3 is 10.4 Å². The minimum Gasteiger partial charge on any atom is -0.506 e. The molecule has 78 valence electrons. The van der Waals surface area contributed by atoms with Crippen LogP contribution in [0.5, 0.6) is 5.75 Å². The summed E-state index contributed by atoms with van der Waals surface area (Å²) in [6.07, 6.45) is 0. The van der Waals surface area contributed by atoms with Gasteiger partial charge in [0, 0.05) is 17.1 Å². The lowest BCUT2D eigenvalue weighted by Gasteiger charge is -2.05. The maximum absolute atomic E-state index is 9.24. The number of anilines is 1. The molecule has 2 nitrogen and oxygen atoms in total. The summed E-state index contributed by atoms with van der Waals surface area (Å²) in [4.78, 5) is 1.26. The molecular weight excluding hydrogens is 230 g/mol. The zero-order valence-electron chi connectivity index (χ0n) is 7.90. The van der Waals surface area contributed by atoms with Crippen LogP contribution in [-0.2, 0) is 6.54 Å². The van der Waals surface area contributed by atoms with Gasteiger partial charge in [0.25, 0.3) is 0 Å². The molecule has 0 spiro atoms. The van der Waals surface area contributed by atoms with Crippen molar-refractivity contribution in [3.05, 3.63) is 45.6 Å². The Labute approximate surface area is 97.1 Å². The number of phenolic OH excluding ortho intramolecular Hbond substituents is 1. The number of aromatic hydroxyl groups is 1. The van der Waals surface area contributed by atoms with Gasteiger partial charge in [-0.15, -0.1) is 11.3 Å². The van der Waals surface area contributed by atoms with Crippen molar-refractivity contribution in [2.45, 2.75) is 6.54 Å². The van der Waals surface area contributed by atoms with Crippen LogP contribution in [0, 0.1) is 0 Å². The maximum atomic E-state index is 9.24. The van der Waals surface area contributed by atoms with E-state index in [1.165, 1.54) is 4.88 Å². The van der Waals surface area contributed by atoms with E-state index in [2.05, 4.69) is 11.4 Å². The predicted molar refractivity (Wildman–Crippen MR) is 64.8 cm³/mol. The van der Waals surface area contributed by atoms with Gasteiger partial charge >= 0.3 is 0 Å². The Balaban J connectivity index is 2.02. The second-order valence-electron chi connectivity index (χ2n) is 3.10. The molecule has 4 heteroatoms. The van der Waals surface area contributed by atoms with Crippen molar-refractivity contribution >= 4 is 28.6 Å². The van der Waals surface area contributed by atoms with Crippen molar-refractivity contribution in [3.63, 3.8) is 0 Å². The van der Waals surface area contributed by atoms with E-state index in [1.54, 1.807) is 29.5 Å². The van der Waals surface area contributed by atoms with Crippen molar-refractivity contribution in [1.82, 2.24) is 0 Å². The second-order valence-corrected chi connectivity index (χ2v) is 4.54. The Morgan fingerprint density at radius 1 is 1.33 bits per heavy atom. The summed E-state index contributed by atoms with van der Waals surface area (Å²) >= 11 is 7.49. The SMILES string of the molecule is Oc1ccc(NCc2cccs2)cc1Cl. The van der Waals surface area contributed by atoms with Crippen molar-refractivity contribution < 1.29 is 5.11 Å². The molecule has 0 radical (unpaired) electrons. The normalized spacial score (nSPS) is 10.2. The van der Waals surface area contributed by atoms with E-state index < -0.39 is 0 Å². The molecule has 0 aliphatic heterocycles. The lowest BCUT2D eigenvalue weighted by atomic mass is 10.3. The number of phenols is 1. The van der Waals surface area contributed by atoms with Crippen molar-refractivity contribution in [1.29, 1.82) is 0 Å². The van der Waals surface area contributed by atoms with Gasteiger partial charge in [0.05, 0.1) is 5.02 Å². The average Bonchev–Trinajstić information content (AvgIpc) is 2.73. The fourth-order valence-corrected chi connectivity index (χ4v) is 2.04. The Morgan fingerprint density at radius 2 is 2.20 bits per heavy atom. The van der Waals surface area contributed by atoms with Gasteiger partial charge in [0.15, 0.2) is 0 Å². The molecule has 0 bridgehead atoms. The van der Waals surface area contributed by atoms with Crippen LogP contribution in [0.25, 0.3) is 0 Å². The summed E-state index contributed by atoms with van der Waals surface area (Å²) in [6, 6.07) is 9.18. The number of benzene rings is 1. The van der Waals surface area contributed by atoms with Crippen LogP contribution < -0.4 is 5.32 Å². The van der Waals surface area contributed by atoms with E-state index in [-0.39, 0.29) is 5.75 Å². The molecule has 0 atom stereocenters. The molecule has 0 aliphatic rings. The van der Waals surface area contributed by atoms with E-state index in [9.17, 15) is 5.11 Å². The number of hydrogen-bond donors (Lipinski definition) is 2. The van der Waals surface area contributed by atoms with Gasteiger partial charge in [0.1, 0.15) is 5.75 Å². The molecular formula is C11H10ClNOS. The molecule has 0 amide bonds. The Bertz CT molecular complexity index is 442. The molecule has 0 saturated heterocycles. The van der Waals surface area contributed by atoms with E-state index in [0.717, 1.165) is 12.2 Å². The van der Waals surface area contributed by atoms with Gasteiger partial charge in [-0.1, -0.05) is 17.7 Å². The molecule has 2 aromatic rings. The van der Waals surface area contributed by atoms with Crippen molar-refractivity contribution in [3.8, 4) is 5.75 Å². The predicted octanol–water partition coefficient (Wildman–Crippen LogP) is 3.72. The molecule has 0 saturated carbocycles. The number of nitrogens with one attached hydrogen (secondary N) is 1. The van der Waals surface area contributed by atoms with Crippen LogP contribution in [0.1, 0.15) is 4.88 Å². The number of halogens is 1. The third kappa shape index (κ3) is 2.64. The van der Waals surface area contributed by atoms with Gasteiger partial charge in [0.2, 0.25) is 0 Å². The summed E-state index contributed by atoms with van der Waals surface area (Å²) in [5.41, 5.74) is 0.909. The van der Waals surface area contributed by atoms with Crippen LogP contribution in [-0.4, -0.2) is 5.11 Å². The van der Waals surface area contributed by atoms with E-state index >= 15 is 0 Å². The molecule has 0 aliphatic carbocycles. The zero-order valence-corrected chi connectivity index (χ0v) is 9.48. The highest BCUT2D eigenvalue weighted by molar-refractivity contribution is 7.09. The van der Waals surface area contributed by atoms with Crippen LogP contribution in [0.4, 0.5) is 5.69 Å². The second kappa shape index (κ2) is 4.55. The monoisotopic (exact) mass is 239 g/mol. The smallest absolute Gasteiger partial charge is 0.134 e. The molecule has 15 heavy (non-hydrogen) atoms. The molecule has 2 N–H and O–H groups in total. The minimum absolute atomic E-state index is 0.110. The number of hydrogen-bond acceptors (Lipinski definition) is 3. The summed E-state index contributed by atoms with van der Waals surface area (Å²) in [5.74, 6) is 0.110. The van der Waals surface area contributed by atoms with Crippen LogP contribution >= 0.6 is 22.9 Å². The highest BCUT2D eigenvalue weighted by Gasteiger charge is 1.99. The van der Waals surface area contributed by atoms with Crippen molar-refractivity contribution in [2.24, 2.45) is 0 Å². The largest absolute Gasteiger partial charge is 0.506 e. The molecule has 0 unspecified atom stereocenters. The summed E-state index contributed by atoms with van der Waals surface area (Å²) < 4.78 is 0. The standard InChI is InChI=1S/C11H10ClNOS/c12-10-6-8(3-4-11(10)14)13-7-9-2-1-5-15-9/h1-6,13-14H,7H2. The zero-order chi connectivity index (χ0) is 10.7. The van der Waals surface area contributed by atoms with Gasteiger partial charge in [-0.25, -0.2) is 0 Å². The Hall–Kier alpha value is -1.19. The summed E-state index contributed by atoms with van der Waals surface area (Å²) in [7, 11) is 0. The lowest BCUT2D eigenvalue weighted by Crippen LogP contribution is -1.96. The fourth-order valence-electron chi connectivity index (χ4n) is 1.22. The third-order valence-corrected chi connectivity index (χ3v) is 3.17. The summed E-state index contributed by atoms with van der Waals surface area (Å²) in [6.45, 7) is 0.777. The number of rotatable bonds is 3.